The summed E-state index contributed by atoms with van der Waals surface area (Å²) < 4.78 is 5.62. The number of fused-ring (bicyclic) bond motifs is 1. The smallest absolute Gasteiger partial charge is 0.173 e. The van der Waals surface area contributed by atoms with E-state index in [1.807, 2.05) is 57.2 Å². The minimum absolute atomic E-state index is 0.0703. The highest BCUT2D eigenvalue weighted by Gasteiger charge is 2.17. The Morgan fingerprint density at radius 2 is 1.81 bits per heavy atom. The molecule has 2 aromatic carbocycles. The van der Waals surface area contributed by atoms with Crippen molar-refractivity contribution in [2.24, 2.45) is 0 Å². The lowest BCUT2D eigenvalue weighted by molar-refractivity contribution is 0.0582. The van der Waals surface area contributed by atoms with Crippen molar-refractivity contribution in [1.29, 1.82) is 0 Å². The normalized spacial score (nSPS) is 12.5. The predicted octanol–water partition coefficient (Wildman–Crippen LogP) is 4.27. The Morgan fingerprint density at radius 3 is 2.43 bits per heavy atom. The van der Waals surface area contributed by atoms with Gasteiger partial charge in [0.05, 0.1) is 6.08 Å². The van der Waals surface area contributed by atoms with Crippen LogP contribution in [0.1, 0.15) is 26.3 Å². The molecule has 0 unspecified atom stereocenters. The molecule has 21 heavy (non-hydrogen) atoms. The molecular weight excluding hydrogens is 264 g/mol. The van der Waals surface area contributed by atoms with Crippen molar-refractivity contribution >= 4 is 22.5 Å². The lowest BCUT2D eigenvalue weighted by Gasteiger charge is -2.22. The summed E-state index contributed by atoms with van der Waals surface area (Å²) in [7, 11) is 0. The maximum Gasteiger partial charge on any atom is 0.173 e. The van der Waals surface area contributed by atoms with Gasteiger partial charge in [-0.15, -0.1) is 0 Å². The van der Waals surface area contributed by atoms with Crippen LogP contribution in [-0.4, -0.2) is 16.6 Å². The van der Waals surface area contributed by atoms with Crippen molar-refractivity contribution in [2.45, 2.75) is 26.4 Å². The highest BCUT2D eigenvalue weighted by molar-refractivity contribution is 5.86. The summed E-state index contributed by atoms with van der Waals surface area (Å²) in [4.78, 5) is 10.6. The third-order valence-electron chi connectivity index (χ3n) is 2.86. The van der Waals surface area contributed by atoms with E-state index in [4.69, 9.17) is 4.74 Å². The van der Waals surface area contributed by atoms with Gasteiger partial charge in [-0.25, -0.2) is 4.79 Å². The highest BCUT2D eigenvalue weighted by atomic mass is 16.5. The zero-order chi connectivity index (χ0) is 15.5. The predicted molar refractivity (Wildman–Crippen MR) is 84.6 cm³/mol. The van der Waals surface area contributed by atoms with E-state index in [0.29, 0.717) is 5.56 Å². The summed E-state index contributed by atoms with van der Waals surface area (Å²) in [6.07, 6.45) is 1.11. The summed E-state index contributed by atoms with van der Waals surface area (Å²) in [5, 5.41) is 12.5. The van der Waals surface area contributed by atoms with Gasteiger partial charge in [0.15, 0.2) is 11.5 Å². The molecule has 0 aliphatic heterocycles. The van der Waals surface area contributed by atoms with Gasteiger partial charge in [0.25, 0.3) is 0 Å². The molecule has 0 radical (unpaired) electrons. The van der Waals surface area contributed by atoms with Gasteiger partial charge in [-0.05, 0) is 37.6 Å². The molecule has 2 aromatic rings. The second kappa shape index (κ2) is 5.86. The average molecular weight is 282 g/mol. The maximum absolute atomic E-state index is 10.6. The van der Waals surface area contributed by atoms with E-state index in [1.165, 1.54) is 0 Å². The van der Waals surface area contributed by atoms with Gasteiger partial charge in [0, 0.05) is 5.56 Å². The molecule has 0 amide bonds. The monoisotopic (exact) mass is 282 g/mol. The van der Waals surface area contributed by atoms with Gasteiger partial charge in [-0.2, -0.15) is 0 Å². The quantitative estimate of drug-likeness (QED) is 0.519. The van der Waals surface area contributed by atoms with Gasteiger partial charge in [-0.3, -0.25) is 0 Å². The zero-order valence-electron chi connectivity index (χ0n) is 12.4. The molecule has 3 nitrogen and oxygen atoms in total. The number of ether oxygens (including phenoxy) is 1. The van der Waals surface area contributed by atoms with Gasteiger partial charge in [-0.1, -0.05) is 36.4 Å². The van der Waals surface area contributed by atoms with Crippen molar-refractivity contribution in [2.75, 3.05) is 0 Å². The van der Waals surface area contributed by atoms with E-state index in [1.54, 1.807) is 12.0 Å². The SMILES string of the molecule is CC(C)(C)O/C(C=C=O)=C(\O)c1ccc2ccccc2c1. The van der Waals surface area contributed by atoms with Crippen LogP contribution in [0.15, 0.2) is 54.3 Å². The summed E-state index contributed by atoms with van der Waals surface area (Å²) in [6, 6.07) is 13.4. The molecule has 108 valence electrons. The number of hydrogen-bond acceptors (Lipinski definition) is 3. The Balaban J connectivity index is 2.52. The maximum atomic E-state index is 10.6. The van der Waals surface area contributed by atoms with E-state index < -0.39 is 5.60 Å². The first-order valence-corrected chi connectivity index (χ1v) is 6.73. The number of benzene rings is 2. The van der Waals surface area contributed by atoms with Crippen LogP contribution in [-0.2, 0) is 9.53 Å². The van der Waals surface area contributed by atoms with Crippen LogP contribution in [0, 0.1) is 0 Å². The fraction of sp³-hybridized carbons (Fsp3) is 0.222. The number of aliphatic hydroxyl groups excluding tert-OH is 1. The second-order valence-corrected chi connectivity index (χ2v) is 5.75. The van der Waals surface area contributed by atoms with Gasteiger partial charge >= 0.3 is 0 Å². The van der Waals surface area contributed by atoms with E-state index in [-0.39, 0.29) is 11.5 Å². The molecule has 0 heterocycles. The Labute approximate surface area is 124 Å². The number of hydrogen-bond donors (Lipinski definition) is 1. The summed E-state index contributed by atoms with van der Waals surface area (Å²) in [5.41, 5.74) is 0.0764. The third kappa shape index (κ3) is 3.74. The van der Waals surface area contributed by atoms with Crippen LogP contribution in [0.2, 0.25) is 0 Å². The van der Waals surface area contributed by atoms with Crippen molar-refractivity contribution < 1.29 is 14.6 Å². The third-order valence-corrected chi connectivity index (χ3v) is 2.86. The second-order valence-electron chi connectivity index (χ2n) is 5.75. The molecule has 0 bridgehead atoms. The van der Waals surface area contributed by atoms with Crippen molar-refractivity contribution in [1.82, 2.24) is 0 Å². The minimum Gasteiger partial charge on any atom is -0.504 e. The van der Waals surface area contributed by atoms with Crippen LogP contribution in [0.5, 0.6) is 0 Å². The van der Waals surface area contributed by atoms with Crippen molar-refractivity contribution in [3.05, 3.63) is 59.9 Å². The Morgan fingerprint density at radius 1 is 1.14 bits per heavy atom. The molecule has 2 rings (SSSR count). The largest absolute Gasteiger partial charge is 0.504 e. The molecular formula is C18H18O3. The summed E-state index contributed by atoms with van der Waals surface area (Å²) >= 11 is 0. The van der Waals surface area contributed by atoms with Crippen LogP contribution < -0.4 is 0 Å². The Bertz CT molecular complexity index is 729. The zero-order valence-corrected chi connectivity index (χ0v) is 12.4. The van der Waals surface area contributed by atoms with Crippen LogP contribution in [0.3, 0.4) is 0 Å². The van der Waals surface area contributed by atoms with E-state index >= 15 is 0 Å². The number of carbonyl (C=O) groups excluding carboxylic acids is 1. The topological polar surface area (TPSA) is 46.5 Å². The van der Waals surface area contributed by atoms with E-state index in [2.05, 4.69) is 0 Å². The Hall–Kier alpha value is -2.51. The van der Waals surface area contributed by atoms with Gasteiger partial charge in [0.1, 0.15) is 11.5 Å². The molecule has 3 heteroatoms. The molecule has 0 fully saturated rings. The van der Waals surface area contributed by atoms with Crippen molar-refractivity contribution in [3.8, 4) is 0 Å². The molecule has 0 saturated carbocycles. The average Bonchev–Trinajstić information content (AvgIpc) is 2.44. The van der Waals surface area contributed by atoms with Crippen LogP contribution >= 0.6 is 0 Å². The molecule has 0 aliphatic carbocycles. The molecule has 0 aromatic heterocycles. The number of rotatable bonds is 3. The standard InChI is InChI=1S/C18H18O3/c1-18(2,3)21-16(10-11-19)17(20)15-9-8-13-6-4-5-7-14(13)12-15/h4-10,12,20H,1-3H3/b17-16-. The first kappa shape index (κ1) is 14.9. The Kier molecular flexibility index (Phi) is 4.15. The van der Waals surface area contributed by atoms with Crippen molar-refractivity contribution in [3.63, 3.8) is 0 Å². The minimum atomic E-state index is -0.520. The molecule has 0 saturated heterocycles. The van der Waals surface area contributed by atoms with E-state index in [0.717, 1.165) is 16.8 Å². The molecule has 1 N–H and O–H groups in total. The van der Waals surface area contributed by atoms with Gasteiger partial charge < -0.3 is 9.84 Å². The summed E-state index contributed by atoms with van der Waals surface area (Å²) in [5.74, 6) is 1.71. The fourth-order valence-corrected chi connectivity index (χ4v) is 2.01. The van der Waals surface area contributed by atoms with Crippen LogP contribution in [0.25, 0.3) is 16.5 Å². The van der Waals surface area contributed by atoms with E-state index in [9.17, 15) is 9.90 Å². The first-order chi connectivity index (χ1) is 9.90. The highest BCUT2D eigenvalue weighted by Crippen LogP contribution is 2.25. The lowest BCUT2D eigenvalue weighted by atomic mass is 10.1. The van der Waals surface area contributed by atoms with Crippen LogP contribution in [0.4, 0.5) is 0 Å². The fourth-order valence-electron chi connectivity index (χ4n) is 2.01. The molecule has 0 aliphatic rings. The molecule has 0 spiro atoms. The van der Waals surface area contributed by atoms with Gasteiger partial charge in [0.2, 0.25) is 0 Å². The summed E-state index contributed by atoms with van der Waals surface area (Å²) in [6.45, 7) is 5.54. The first-order valence-electron chi connectivity index (χ1n) is 6.73. The lowest BCUT2D eigenvalue weighted by Crippen LogP contribution is -2.19. The number of allylic oxidation sites excluding steroid dienone is 1. The number of aliphatic hydroxyl groups is 1. The molecule has 0 atom stereocenters.